The van der Waals surface area contributed by atoms with Gasteiger partial charge >= 0.3 is 0 Å². The van der Waals surface area contributed by atoms with Crippen LogP contribution in [0.5, 0.6) is 0 Å². The van der Waals surface area contributed by atoms with Crippen molar-refractivity contribution in [1.82, 2.24) is 10.4 Å². The zero-order valence-electron chi connectivity index (χ0n) is 10.7. The summed E-state index contributed by atoms with van der Waals surface area (Å²) in [7, 11) is 0. The molecular weight excluding hydrogens is 246 g/mol. The molecule has 6 nitrogen and oxygen atoms in total. The fraction of sp³-hybridized carbons (Fsp3) is 0.462. The average Bonchev–Trinajstić information content (AvgIpc) is 2.40. The maximum atomic E-state index is 11.8. The van der Waals surface area contributed by atoms with Crippen molar-refractivity contribution >= 4 is 11.6 Å². The van der Waals surface area contributed by atoms with E-state index in [0.717, 1.165) is 31.5 Å². The number of nitrogens with one attached hydrogen (secondary N) is 1. The number of nitrogens with zero attached hydrogens (tertiary/aromatic N) is 2. The number of amides is 1. The first-order chi connectivity index (χ1) is 9.15. The SMILES string of the molecule is O=C(Cc1ccc([N+](=O)[O-])cc1)NN1CCCCC1. The predicted molar refractivity (Wildman–Crippen MR) is 70.4 cm³/mol. The summed E-state index contributed by atoms with van der Waals surface area (Å²) in [6, 6.07) is 6.08. The first-order valence-corrected chi connectivity index (χ1v) is 6.43. The molecule has 0 atom stereocenters. The lowest BCUT2D eigenvalue weighted by Crippen LogP contribution is -2.45. The highest BCUT2D eigenvalue weighted by Gasteiger charge is 2.13. The van der Waals surface area contributed by atoms with E-state index in [1.807, 2.05) is 5.01 Å². The van der Waals surface area contributed by atoms with Crippen LogP contribution in [0.2, 0.25) is 0 Å². The number of carbonyl (C=O) groups excluding carboxylic acids is 1. The van der Waals surface area contributed by atoms with Crippen LogP contribution in [0.25, 0.3) is 0 Å². The number of non-ortho nitro benzene ring substituents is 1. The number of benzene rings is 1. The maximum absolute atomic E-state index is 11.8. The van der Waals surface area contributed by atoms with E-state index in [9.17, 15) is 14.9 Å². The van der Waals surface area contributed by atoms with Crippen molar-refractivity contribution in [3.05, 3.63) is 39.9 Å². The van der Waals surface area contributed by atoms with E-state index in [4.69, 9.17) is 0 Å². The predicted octanol–water partition coefficient (Wildman–Crippen LogP) is 1.65. The molecule has 1 fully saturated rings. The molecular formula is C13H17N3O3. The van der Waals surface area contributed by atoms with Gasteiger partial charge in [-0.1, -0.05) is 18.6 Å². The quantitative estimate of drug-likeness (QED) is 0.662. The Labute approximate surface area is 111 Å². The summed E-state index contributed by atoms with van der Waals surface area (Å²) in [6.45, 7) is 1.79. The van der Waals surface area contributed by atoms with Crippen LogP contribution in [0.15, 0.2) is 24.3 Å². The van der Waals surface area contributed by atoms with Gasteiger partial charge in [0, 0.05) is 25.2 Å². The van der Waals surface area contributed by atoms with Gasteiger partial charge in [-0.15, -0.1) is 0 Å². The summed E-state index contributed by atoms with van der Waals surface area (Å²) in [4.78, 5) is 21.9. The van der Waals surface area contributed by atoms with Gasteiger partial charge in [-0.25, -0.2) is 5.01 Å². The minimum Gasteiger partial charge on any atom is -0.289 e. The molecule has 0 radical (unpaired) electrons. The molecule has 1 aliphatic heterocycles. The molecule has 1 aliphatic rings. The second-order valence-corrected chi connectivity index (χ2v) is 4.68. The van der Waals surface area contributed by atoms with E-state index in [0.29, 0.717) is 0 Å². The summed E-state index contributed by atoms with van der Waals surface area (Å²) < 4.78 is 0. The minimum absolute atomic E-state index is 0.0418. The first-order valence-electron chi connectivity index (χ1n) is 6.43. The second kappa shape index (κ2) is 6.29. The van der Waals surface area contributed by atoms with Gasteiger partial charge < -0.3 is 0 Å². The number of nitro benzene ring substituents is 1. The third-order valence-corrected chi connectivity index (χ3v) is 3.15. The Kier molecular flexibility index (Phi) is 4.46. The number of hydrogen-bond acceptors (Lipinski definition) is 4. The van der Waals surface area contributed by atoms with E-state index in [-0.39, 0.29) is 18.0 Å². The van der Waals surface area contributed by atoms with Crippen molar-refractivity contribution in [1.29, 1.82) is 0 Å². The van der Waals surface area contributed by atoms with Crippen LogP contribution in [-0.2, 0) is 11.2 Å². The maximum Gasteiger partial charge on any atom is 0.269 e. The van der Waals surface area contributed by atoms with Gasteiger partial charge in [-0.05, 0) is 18.4 Å². The standard InChI is InChI=1S/C13H17N3O3/c17-13(14-15-8-2-1-3-9-15)10-11-4-6-12(7-5-11)16(18)19/h4-7H,1-3,8-10H2,(H,14,17). The average molecular weight is 263 g/mol. The zero-order chi connectivity index (χ0) is 13.7. The van der Waals surface area contributed by atoms with Crippen LogP contribution in [0.4, 0.5) is 5.69 Å². The Balaban J connectivity index is 1.85. The smallest absolute Gasteiger partial charge is 0.269 e. The summed E-state index contributed by atoms with van der Waals surface area (Å²) in [5, 5.41) is 12.5. The van der Waals surface area contributed by atoms with E-state index in [2.05, 4.69) is 5.43 Å². The van der Waals surface area contributed by atoms with Crippen LogP contribution in [-0.4, -0.2) is 28.9 Å². The van der Waals surface area contributed by atoms with Crippen LogP contribution in [0, 0.1) is 10.1 Å². The van der Waals surface area contributed by atoms with Crippen LogP contribution >= 0.6 is 0 Å². The van der Waals surface area contributed by atoms with Gasteiger partial charge in [0.05, 0.1) is 11.3 Å². The number of piperidine rings is 1. The summed E-state index contributed by atoms with van der Waals surface area (Å²) in [6.07, 6.45) is 3.68. The van der Waals surface area contributed by atoms with Crippen molar-refractivity contribution in [2.75, 3.05) is 13.1 Å². The Morgan fingerprint density at radius 1 is 1.21 bits per heavy atom. The molecule has 0 spiro atoms. The molecule has 1 N–H and O–H groups in total. The molecule has 6 heteroatoms. The minimum atomic E-state index is -0.447. The molecule has 102 valence electrons. The van der Waals surface area contributed by atoms with Crippen molar-refractivity contribution in [3.63, 3.8) is 0 Å². The number of carbonyl (C=O) groups is 1. The monoisotopic (exact) mass is 263 g/mol. The Morgan fingerprint density at radius 2 is 1.84 bits per heavy atom. The second-order valence-electron chi connectivity index (χ2n) is 4.68. The lowest BCUT2D eigenvalue weighted by molar-refractivity contribution is -0.384. The molecule has 0 bridgehead atoms. The van der Waals surface area contributed by atoms with Gasteiger partial charge in [-0.2, -0.15) is 0 Å². The van der Waals surface area contributed by atoms with Crippen molar-refractivity contribution in [2.24, 2.45) is 0 Å². The lowest BCUT2D eigenvalue weighted by atomic mass is 10.1. The molecule has 1 amide bonds. The van der Waals surface area contributed by atoms with Gasteiger partial charge in [0.1, 0.15) is 0 Å². The Bertz CT molecular complexity index is 453. The fourth-order valence-electron chi connectivity index (χ4n) is 2.14. The Hall–Kier alpha value is -1.95. The van der Waals surface area contributed by atoms with E-state index >= 15 is 0 Å². The molecule has 1 saturated heterocycles. The summed E-state index contributed by atoms with van der Waals surface area (Å²) in [5.74, 6) is -0.0734. The number of nitro groups is 1. The molecule has 0 aliphatic carbocycles. The lowest BCUT2D eigenvalue weighted by Gasteiger charge is -2.26. The van der Waals surface area contributed by atoms with Crippen LogP contribution < -0.4 is 5.43 Å². The Morgan fingerprint density at radius 3 is 2.42 bits per heavy atom. The molecule has 0 unspecified atom stereocenters. The van der Waals surface area contributed by atoms with E-state index in [1.165, 1.54) is 18.6 Å². The van der Waals surface area contributed by atoms with Gasteiger partial charge in [0.15, 0.2) is 0 Å². The number of rotatable bonds is 4. The highest BCUT2D eigenvalue weighted by Crippen LogP contribution is 2.12. The van der Waals surface area contributed by atoms with Crippen molar-refractivity contribution in [3.8, 4) is 0 Å². The molecule has 0 aromatic heterocycles. The highest BCUT2D eigenvalue weighted by atomic mass is 16.6. The molecule has 1 heterocycles. The topological polar surface area (TPSA) is 75.5 Å². The number of hydrazine groups is 1. The number of hydrogen-bond donors (Lipinski definition) is 1. The molecule has 2 rings (SSSR count). The summed E-state index contributed by atoms with van der Waals surface area (Å²) in [5.41, 5.74) is 3.68. The van der Waals surface area contributed by atoms with Gasteiger partial charge in [-0.3, -0.25) is 20.3 Å². The van der Waals surface area contributed by atoms with E-state index < -0.39 is 4.92 Å². The van der Waals surface area contributed by atoms with Crippen molar-refractivity contribution < 1.29 is 9.72 Å². The third kappa shape index (κ3) is 4.03. The molecule has 1 aromatic rings. The molecule has 19 heavy (non-hydrogen) atoms. The van der Waals surface area contributed by atoms with Crippen LogP contribution in [0.3, 0.4) is 0 Å². The third-order valence-electron chi connectivity index (χ3n) is 3.15. The normalized spacial score (nSPS) is 16.0. The molecule has 0 saturated carbocycles. The summed E-state index contributed by atoms with van der Waals surface area (Å²) >= 11 is 0. The molecule has 1 aromatic carbocycles. The largest absolute Gasteiger partial charge is 0.289 e. The van der Waals surface area contributed by atoms with E-state index in [1.54, 1.807) is 12.1 Å². The zero-order valence-corrected chi connectivity index (χ0v) is 10.7. The van der Waals surface area contributed by atoms with Gasteiger partial charge in [0.25, 0.3) is 5.69 Å². The van der Waals surface area contributed by atoms with Crippen molar-refractivity contribution in [2.45, 2.75) is 25.7 Å². The van der Waals surface area contributed by atoms with Crippen LogP contribution in [0.1, 0.15) is 24.8 Å². The fourth-order valence-corrected chi connectivity index (χ4v) is 2.14. The van der Waals surface area contributed by atoms with Gasteiger partial charge in [0.2, 0.25) is 5.91 Å². The first kappa shape index (κ1) is 13.5. The highest BCUT2D eigenvalue weighted by molar-refractivity contribution is 5.78.